The van der Waals surface area contributed by atoms with Crippen LogP contribution < -0.4 is 20.7 Å². The number of ether oxygens (including phenoxy) is 1. The summed E-state index contributed by atoms with van der Waals surface area (Å²) < 4.78 is 5.30. The molecule has 0 aliphatic carbocycles. The van der Waals surface area contributed by atoms with E-state index in [1.165, 1.54) is 17.8 Å². The van der Waals surface area contributed by atoms with Crippen LogP contribution in [0.25, 0.3) is 6.08 Å². The second-order valence-electron chi connectivity index (χ2n) is 10.0. The summed E-state index contributed by atoms with van der Waals surface area (Å²) in [7, 11) is 1.57. The lowest BCUT2D eigenvalue weighted by molar-refractivity contribution is -0.116. The lowest BCUT2D eigenvalue weighted by Crippen LogP contribution is -2.30. The molecule has 9 heteroatoms. The molecule has 0 aliphatic heterocycles. The van der Waals surface area contributed by atoms with Crippen LogP contribution in [0.15, 0.2) is 144 Å². The van der Waals surface area contributed by atoms with Gasteiger partial charge in [-0.25, -0.2) is 0 Å². The lowest BCUT2D eigenvalue weighted by atomic mass is 10.1. The Morgan fingerprint density at radius 2 is 1.39 bits per heavy atom. The smallest absolute Gasteiger partial charge is 0.272 e. The first-order chi connectivity index (χ1) is 22.4. The highest BCUT2D eigenvalue weighted by molar-refractivity contribution is 8.00. The van der Waals surface area contributed by atoms with Crippen molar-refractivity contribution in [3.63, 3.8) is 0 Å². The van der Waals surface area contributed by atoms with E-state index in [4.69, 9.17) is 16.3 Å². The molecule has 0 heterocycles. The molecule has 0 radical (unpaired) electrons. The zero-order chi connectivity index (χ0) is 32.3. The Bertz CT molecular complexity index is 1870. The predicted molar refractivity (Wildman–Crippen MR) is 185 cm³/mol. The fraction of sp³-hybridized carbons (Fsp3) is 0.0541. The van der Waals surface area contributed by atoms with Crippen LogP contribution in [0.1, 0.15) is 26.7 Å². The first-order valence-electron chi connectivity index (χ1n) is 14.3. The Kier molecular flexibility index (Phi) is 10.9. The Labute approximate surface area is 276 Å². The van der Waals surface area contributed by atoms with E-state index in [1.807, 2.05) is 42.5 Å². The number of nitrogens with one attached hydrogen (secondary N) is 3. The fourth-order valence-corrected chi connectivity index (χ4v) is 5.75. The summed E-state index contributed by atoms with van der Waals surface area (Å²) in [5.74, 6) is -0.562. The molecule has 3 amide bonds. The van der Waals surface area contributed by atoms with Gasteiger partial charge in [-0.1, -0.05) is 90.5 Å². The van der Waals surface area contributed by atoms with E-state index >= 15 is 0 Å². The minimum absolute atomic E-state index is 0.0137. The van der Waals surface area contributed by atoms with Crippen molar-refractivity contribution in [2.75, 3.05) is 17.7 Å². The molecule has 7 nitrogen and oxygen atoms in total. The molecular weight excluding hydrogens is 618 g/mol. The van der Waals surface area contributed by atoms with E-state index < -0.39 is 17.1 Å². The Morgan fingerprint density at radius 3 is 2.11 bits per heavy atom. The summed E-state index contributed by atoms with van der Waals surface area (Å²) in [6, 6.07) is 39.5. The van der Waals surface area contributed by atoms with Gasteiger partial charge in [0.2, 0.25) is 5.91 Å². The largest absolute Gasteiger partial charge is 0.497 e. The van der Waals surface area contributed by atoms with Crippen LogP contribution in [-0.2, 0) is 9.59 Å². The summed E-state index contributed by atoms with van der Waals surface area (Å²) in [6.07, 6.45) is 1.53. The highest BCUT2D eigenvalue weighted by Crippen LogP contribution is 2.37. The number of methoxy groups -OCH3 is 1. The molecule has 3 N–H and O–H groups in total. The van der Waals surface area contributed by atoms with Crippen LogP contribution in [0.2, 0.25) is 5.02 Å². The van der Waals surface area contributed by atoms with E-state index in [9.17, 15) is 14.4 Å². The van der Waals surface area contributed by atoms with Gasteiger partial charge in [0.1, 0.15) is 16.7 Å². The minimum Gasteiger partial charge on any atom is -0.497 e. The average Bonchev–Trinajstić information content (AvgIpc) is 3.08. The van der Waals surface area contributed by atoms with E-state index in [0.717, 1.165) is 10.5 Å². The molecule has 0 aromatic heterocycles. The van der Waals surface area contributed by atoms with Crippen LogP contribution in [0.4, 0.5) is 11.4 Å². The molecule has 0 spiro atoms. The van der Waals surface area contributed by atoms with Gasteiger partial charge in [0.25, 0.3) is 11.8 Å². The second-order valence-corrected chi connectivity index (χ2v) is 11.6. The number of amides is 3. The van der Waals surface area contributed by atoms with Gasteiger partial charge in [-0.3, -0.25) is 14.4 Å². The molecule has 230 valence electrons. The van der Waals surface area contributed by atoms with Crippen LogP contribution >= 0.6 is 23.4 Å². The average molecular weight is 648 g/mol. The van der Waals surface area contributed by atoms with Crippen LogP contribution in [-0.4, -0.2) is 24.8 Å². The number of hydrogen-bond donors (Lipinski definition) is 3. The van der Waals surface area contributed by atoms with Crippen molar-refractivity contribution in [1.82, 2.24) is 5.32 Å². The predicted octanol–water partition coefficient (Wildman–Crippen LogP) is 8.23. The van der Waals surface area contributed by atoms with Crippen LogP contribution in [0, 0.1) is 0 Å². The van der Waals surface area contributed by atoms with Crippen LogP contribution in [0.3, 0.4) is 0 Å². The zero-order valence-corrected chi connectivity index (χ0v) is 26.3. The van der Waals surface area contributed by atoms with Crippen molar-refractivity contribution in [2.24, 2.45) is 0 Å². The third kappa shape index (κ3) is 8.65. The van der Waals surface area contributed by atoms with Crippen LogP contribution in [0.5, 0.6) is 5.75 Å². The maximum atomic E-state index is 13.6. The zero-order valence-electron chi connectivity index (χ0n) is 24.8. The SMILES string of the molecule is COc1cccc(NC(=O)C(Sc2cccc(NC(=O)/C(=C\c3ccccc3Cl)NC(=O)c3ccccc3)c2)c2ccccc2)c1. The topological polar surface area (TPSA) is 96.5 Å². The molecule has 5 rings (SSSR count). The van der Waals surface area contributed by atoms with Gasteiger partial charge in [-0.2, -0.15) is 0 Å². The van der Waals surface area contributed by atoms with Crippen molar-refractivity contribution in [3.8, 4) is 5.75 Å². The van der Waals surface area contributed by atoms with Crippen molar-refractivity contribution < 1.29 is 19.1 Å². The Balaban J connectivity index is 1.38. The standard InChI is InChI=1S/C37H30ClN3O4S/c1-45-30-19-10-17-28(23-30)40-37(44)34(25-12-4-2-5-13-25)46-31-20-11-18-29(24-31)39-36(43)33(22-27-16-8-9-21-32(27)38)41-35(42)26-14-6-3-7-15-26/h2-24,34H,1H3,(H,39,43)(H,40,44)(H,41,42)/b33-22+. The van der Waals surface area contributed by atoms with Gasteiger partial charge in [0, 0.05) is 32.9 Å². The summed E-state index contributed by atoms with van der Waals surface area (Å²) >= 11 is 7.71. The van der Waals surface area contributed by atoms with Gasteiger partial charge in [-0.15, -0.1) is 11.8 Å². The maximum absolute atomic E-state index is 13.6. The van der Waals surface area contributed by atoms with Crippen molar-refractivity contribution in [2.45, 2.75) is 10.1 Å². The molecule has 0 bridgehead atoms. The number of benzene rings is 5. The Morgan fingerprint density at radius 1 is 0.739 bits per heavy atom. The number of thioether (sulfide) groups is 1. The minimum atomic E-state index is -0.598. The third-order valence-electron chi connectivity index (χ3n) is 6.76. The maximum Gasteiger partial charge on any atom is 0.272 e. The molecule has 1 atom stereocenters. The quantitative estimate of drug-likeness (QED) is 0.0991. The van der Waals surface area contributed by atoms with Gasteiger partial charge < -0.3 is 20.7 Å². The van der Waals surface area contributed by atoms with E-state index in [2.05, 4.69) is 16.0 Å². The van der Waals surface area contributed by atoms with Crippen molar-refractivity contribution in [3.05, 3.63) is 161 Å². The van der Waals surface area contributed by atoms with E-state index in [1.54, 1.807) is 98.1 Å². The highest BCUT2D eigenvalue weighted by Gasteiger charge is 2.23. The normalized spacial score (nSPS) is 11.7. The third-order valence-corrected chi connectivity index (χ3v) is 8.35. The highest BCUT2D eigenvalue weighted by atomic mass is 35.5. The first kappa shape index (κ1) is 32.1. The van der Waals surface area contributed by atoms with Gasteiger partial charge in [0.15, 0.2) is 0 Å². The summed E-state index contributed by atoms with van der Waals surface area (Å²) in [6.45, 7) is 0. The fourth-order valence-electron chi connectivity index (χ4n) is 4.48. The molecule has 0 saturated heterocycles. The number of carbonyl (C=O) groups excluding carboxylic acids is 3. The number of carbonyl (C=O) groups is 3. The molecule has 0 aliphatic rings. The molecule has 46 heavy (non-hydrogen) atoms. The van der Waals surface area contributed by atoms with Gasteiger partial charge >= 0.3 is 0 Å². The number of anilines is 2. The lowest BCUT2D eigenvalue weighted by Gasteiger charge is -2.18. The van der Waals surface area contributed by atoms with Gasteiger partial charge in [0.05, 0.1) is 7.11 Å². The van der Waals surface area contributed by atoms with Crippen molar-refractivity contribution in [1.29, 1.82) is 0 Å². The molecule has 1 unspecified atom stereocenters. The van der Waals surface area contributed by atoms with Gasteiger partial charge in [-0.05, 0) is 65.7 Å². The summed E-state index contributed by atoms with van der Waals surface area (Å²) in [5.41, 5.74) is 2.89. The molecule has 0 fully saturated rings. The van der Waals surface area contributed by atoms with Crippen molar-refractivity contribution >= 4 is 58.5 Å². The number of hydrogen-bond acceptors (Lipinski definition) is 5. The summed E-state index contributed by atoms with van der Waals surface area (Å²) in [5, 5.41) is 8.43. The molecule has 0 saturated carbocycles. The van der Waals surface area contributed by atoms with E-state index in [-0.39, 0.29) is 11.6 Å². The first-order valence-corrected chi connectivity index (χ1v) is 15.6. The monoisotopic (exact) mass is 647 g/mol. The Hall–Kier alpha value is -5.31. The second kappa shape index (κ2) is 15.6. The molecule has 5 aromatic carbocycles. The number of halogens is 1. The molecular formula is C37H30ClN3O4S. The molecule has 5 aromatic rings. The van der Waals surface area contributed by atoms with E-state index in [0.29, 0.717) is 33.3 Å². The number of rotatable bonds is 11. The summed E-state index contributed by atoms with van der Waals surface area (Å²) in [4.78, 5) is 40.9.